The van der Waals surface area contributed by atoms with Crippen molar-refractivity contribution < 1.29 is 14.9 Å². The van der Waals surface area contributed by atoms with Crippen LogP contribution in [0.25, 0.3) is 11.2 Å². The van der Waals surface area contributed by atoms with Crippen molar-refractivity contribution in [2.45, 2.75) is 24.9 Å². The Bertz CT molecular complexity index is 621. The molecule has 1 fully saturated rings. The maximum atomic E-state index is 9.71. The zero-order chi connectivity index (χ0) is 12.7. The lowest BCUT2D eigenvalue weighted by molar-refractivity contribution is -0.0435. The molecule has 0 bridgehead atoms. The molecule has 0 saturated carbocycles. The van der Waals surface area contributed by atoms with Gasteiger partial charge in [0.2, 0.25) is 0 Å². The van der Waals surface area contributed by atoms with Crippen LogP contribution in [0, 0.1) is 5.41 Å². The number of aliphatic hydroxyl groups is 2. The molecule has 2 aromatic rings. The second kappa shape index (κ2) is 4.16. The number of nitrogens with one attached hydrogen (secondary N) is 2. The molecule has 3 heterocycles. The molecule has 3 rings (SSSR count). The van der Waals surface area contributed by atoms with Crippen LogP contribution >= 0.6 is 0 Å². The quantitative estimate of drug-likeness (QED) is 0.539. The molecule has 96 valence electrons. The SMILES string of the molecule is N=c1ncn([C@@H]2C[C@H](O)[C@@H](CO)O2)c2nc[nH]c12. The van der Waals surface area contributed by atoms with Gasteiger partial charge in [0, 0.05) is 6.42 Å². The monoisotopic (exact) mass is 251 g/mol. The Morgan fingerprint density at radius 2 is 2.39 bits per heavy atom. The predicted molar refractivity (Wildman–Crippen MR) is 59.4 cm³/mol. The van der Waals surface area contributed by atoms with Gasteiger partial charge in [0.1, 0.15) is 24.2 Å². The summed E-state index contributed by atoms with van der Waals surface area (Å²) in [6, 6.07) is 0. The van der Waals surface area contributed by atoms with Crippen molar-refractivity contribution in [1.29, 1.82) is 5.41 Å². The first kappa shape index (κ1) is 11.3. The maximum absolute atomic E-state index is 9.71. The summed E-state index contributed by atoms with van der Waals surface area (Å²) in [5.74, 6) is 0. The van der Waals surface area contributed by atoms with Gasteiger partial charge in [-0.2, -0.15) is 0 Å². The topological polar surface area (TPSA) is 120 Å². The largest absolute Gasteiger partial charge is 0.394 e. The fourth-order valence-electron chi connectivity index (χ4n) is 2.16. The smallest absolute Gasteiger partial charge is 0.173 e. The van der Waals surface area contributed by atoms with Gasteiger partial charge < -0.3 is 19.9 Å². The molecule has 0 radical (unpaired) electrons. The van der Waals surface area contributed by atoms with Crippen molar-refractivity contribution in [1.82, 2.24) is 19.5 Å². The molecule has 2 aromatic heterocycles. The molecule has 1 aliphatic heterocycles. The second-order valence-corrected chi connectivity index (χ2v) is 4.22. The van der Waals surface area contributed by atoms with Crippen LogP contribution in [0.3, 0.4) is 0 Å². The number of aromatic nitrogens is 4. The van der Waals surface area contributed by atoms with E-state index < -0.39 is 18.4 Å². The van der Waals surface area contributed by atoms with Gasteiger partial charge in [-0.05, 0) is 0 Å². The van der Waals surface area contributed by atoms with Crippen molar-refractivity contribution in [3.05, 3.63) is 18.1 Å². The van der Waals surface area contributed by atoms with E-state index in [4.69, 9.17) is 15.3 Å². The number of rotatable bonds is 2. The van der Waals surface area contributed by atoms with Crippen molar-refractivity contribution in [3.63, 3.8) is 0 Å². The molecule has 0 aromatic carbocycles. The fourth-order valence-corrected chi connectivity index (χ4v) is 2.16. The van der Waals surface area contributed by atoms with Crippen LogP contribution in [0.4, 0.5) is 0 Å². The van der Waals surface area contributed by atoms with E-state index in [9.17, 15) is 5.11 Å². The highest BCUT2D eigenvalue weighted by Crippen LogP contribution is 2.29. The Hall–Kier alpha value is -1.77. The van der Waals surface area contributed by atoms with E-state index in [1.807, 2.05) is 0 Å². The number of hydrogen-bond acceptors (Lipinski definition) is 6. The van der Waals surface area contributed by atoms with Gasteiger partial charge in [-0.15, -0.1) is 0 Å². The van der Waals surface area contributed by atoms with Gasteiger partial charge in [-0.1, -0.05) is 0 Å². The molecule has 0 unspecified atom stereocenters. The zero-order valence-electron chi connectivity index (χ0n) is 9.45. The number of aliphatic hydroxyl groups excluding tert-OH is 2. The third kappa shape index (κ3) is 1.62. The summed E-state index contributed by atoms with van der Waals surface area (Å²) in [6.45, 7) is -0.230. The van der Waals surface area contributed by atoms with E-state index in [1.54, 1.807) is 4.57 Å². The zero-order valence-corrected chi connectivity index (χ0v) is 9.45. The van der Waals surface area contributed by atoms with Crippen LogP contribution in [-0.2, 0) is 4.74 Å². The summed E-state index contributed by atoms with van der Waals surface area (Å²) in [5.41, 5.74) is 1.17. The van der Waals surface area contributed by atoms with Crippen molar-refractivity contribution in [3.8, 4) is 0 Å². The van der Waals surface area contributed by atoms with Crippen LogP contribution in [0.15, 0.2) is 12.7 Å². The first-order chi connectivity index (χ1) is 8.70. The van der Waals surface area contributed by atoms with Crippen molar-refractivity contribution in [2.24, 2.45) is 0 Å². The molecular formula is C10H13N5O3. The molecular weight excluding hydrogens is 238 g/mol. The number of hydrogen-bond donors (Lipinski definition) is 4. The average molecular weight is 251 g/mol. The van der Waals surface area contributed by atoms with Crippen LogP contribution in [-0.4, -0.2) is 48.5 Å². The minimum Gasteiger partial charge on any atom is -0.394 e. The molecule has 1 aliphatic rings. The van der Waals surface area contributed by atoms with Crippen molar-refractivity contribution in [2.75, 3.05) is 6.61 Å². The third-order valence-electron chi connectivity index (χ3n) is 3.11. The van der Waals surface area contributed by atoms with E-state index >= 15 is 0 Å². The Labute approximate surface area is 101 Å². The van der Waals surface area contributed by atoms with Crippen LogP contribution < -0.4 is 5.49 Å². The molecule has 0 spiro atoms. The van der Waals surface area contributed by atoms with E-state index in [0.29, 0.717) is 17.6 Å². The van der Waals surface area contributed by atoms with Crippen LogP contribution in [0.1, 0.15) is 12.6 Å². The highest BCUT2D eigenvalue weighted by molar-refractivity contribution is 5.68. The van der Waals surface area contributed by atoms with E-state index in [1.165, 1.54) is 12.7 Å². The Balaban J connectivity index is 2.03. The number of ether oxygens (including phenoxy) is 1. The molecule has 1 saturated heterocycles. The Morgan fingerprint density at radius 3 is 3.11 bits per heavy atom. The van der Waals surface area contributed by atoms with E-state index in [0.717, 1.165) is 0 Å². The fraction of sp³-hybridized carbons (Fsp3) is 0.500. The number of imidazole rings is 1. The van der Waals surface area contributed by atoms with Gasteiger partial charge in [0.05, 0.1) is 19.0 Å². The van der Waals surface area contributed by atoms with Gasteiger partial charge in [0.25, 0.3) is 0 Å². The van der Waals surface area contributed by atoms with Gasteiger partial charge in [-0.3, -0.25) is 9.98 Å². The number of aromatic amines is 1. The molecule has 0 amide bonds. The normalized spacial score (nSPS) is 28.0. The van der Waals surface area contributed by atoms with Crippen LogP contribution in [0.2, 0.25) is 0 Å². The molecule has 4 N–H and O–H groups in total. The maximum Gasteiger partial charge on any atom is 0.173 e. The summed E-state index contributed by atoms with van der Waals surface area (Å²) >= 11 is 0. The summed E-state index contributed by atoms with van der Waals surface area (Å²) in [5, 5.41) is 26.4. The van der Waals surface area contributed by atoms with Gasteiger partial charge in [0.15, 0.2) is 11.1 Å². The Morgan fingerprint density at radius 1 is 1.56 bits per heavy atom. The minimum absolute atomic E-state index is 0.107. The second-order valence-electron chi connectivity index (χ2n) is 4.22. The predicted octanol–water partition coefficient (Wildman–Crippen LogP) is -1.12. The lowest BCUT2D eigenvalue weighted by atomic mass is 10.2. The number of H-pyrrole nitrogens is 1. The molecule has 8 heteroatoms. The number of nitrogens with zero attached hydrogens (tertiary/aromatic N) is 3. The van der Waals surface area contributed by atoms with Gasteiger partial charge in [-0.25, -0.2) is 9.97 Å². The summed E-state index contributed by atoms with van der Waals surface area (Å²) in [6.07, 6.45) is 1.57. The van der Waals surface area contributed by atoms with Crippen molar-refractivity contribution >= 4 is 11.2 Å². The lowest BCUT2D eigenvalue weighted by Gasteiger charge is -2.15. The highest BCUT2D eigenvalue weighted by Gasteiger charge is 2.35. The first-order valence-electron chi connectivity index (χ1n) is 5.60. The standard InChI is InChI=1S/C10H13N5O3/c11-9-8-10(13-3-12-8)15(4-14-9)7-1-5(17)6(2-16)18-7/h3-7,11,16-17H,1-2H2,(H,12,13)/t5-,6+,7-/m0/s1. The lowest BCUT2D eigenvalue weighted by Crippen LogP contribution is -2.24. The molecule has 18 heavy (non-hydrogen) atoms. The summed E-state index contributed by atoms with van der Waals surface area (Å²) < 4.78 is 7.19. The molecule has 3 atom stereocenters. The Kier molecular flexibility index (Phi) is 2.62. The summed E-state index contributed by atoms with van der Waals surface area (Å²) in [7, 11) is 0. The van der Waals surface area contributed by atoms with Crippen LogP contribution in [0.5, 0.6) is 0 Å². The summed E-state index contributed by atoms with van der Waals surface area (Å²) in [4.78, 5) is 10.9. The molecule has 8 nitrogen and oxygen atoms in total. The first-order valence-corrected chi connectivity index (χ1v) is 5.60. The third-order valence-corrected chi connectivity index (χ3v) is 3.11. The minimum atomic E-state index is -0.711. The average Bonchev–Trinajstić information content (AvgIpc) is 2.96. The molecule has 0 aliphatic carbocycles. The van der Waals surface area contributed by atoms with E-state index in [-0.39, 0.29) is 12.1 Å². The highest BCUT2D eigenvalue weighted by atomic mass is 16.5. The van der Waals surface area contributed by atoms with E-state index in [2.05, 4.69) is 15.0 Å². The number of fused-ring (bicyclic) bond motifs is 1. The van der Waals surface area contributed by atoms with Gasteiger partial charge >= 0.3 is 0 Å².